The van der Waals surface area contributed by atoms with Gasteiger partial charge in [0.1, 0.15) is 5.75 Å². The van der Waals surface area contributed by atoms with Gasteiger partial charge in [0.15, 0.2) is 6.61 Å². The predicted molar refractivity (Wildman–Crippen MR) is 131 cm³/mol. The zero-order valence-electron chi connectivity index (χ0n) is 19.3. The van der Waals surface area contributed by atoms with Crippen LogP contribution in [0, 0.1) is 5.21 Å². The Labute approximate surface area is 195 Å². The Morgan fingerprint density at radius 1 is 1.12 bits per heavy atom. The minimum absolute atomic E-state index is 0.0350. The molecule has 6 nitrogen and oxygen atoms in total. The molecule has 0 bridgehead atoms. The summed E-state index contributed by atoms with van der Waals surface area (Å²) in [5, 5.41) is 12.0. The van der Waals surface area contributed by atoms with Gasteiger partial charge in [0, 0.05) is 19.0 Å². The zero-order valence-corrected chi connectivity index (χ0v) is 19.3. The number of pyridine rings is 1. The molecule has 1 unspecified atom stereocenters. The zero-order chi connectivity index (χ0) is 23.2. The maximum absolute atomic E-state index is 12.6. The first-order valence-electron chi connectivity index (χ1n) is 11.6. The lowest BCUT2D eigenvalue weighted by Gasteiger charge is -2.30. The van der Waals surface area contributed by atoms with Crippen molar-refractivity contribution in [1.29, 1.82) is 0 Å². The van der Waals surface area contributed by atoms with E-state index in [-0.39, 0.29) is 12.5 Å². The summed E-state index contributed by atoms with van der Waals surface area (Å²) >= 11 is 0. The molecular formula is C27H31N3O3. The molecule has 0 radical (unpaired) electrons. The number of hydrogen-bond acceptors (Lipinski definition) is 4. The van der Waals surface area contributed by atoms with E-state index in [1.807, 2.05) is 30.1 Å². The molecule has 1 amide bonds. The Kier molecular flexibility index (Phi) is 7.13. The summed E-state index contributed by atoms with van der Waals surface area (Å²) in [4.78, 5) is 16.3. The molecule has 0 saturated carbocycles. The number of fused-ring (bicyclic) bond motifs is 1. The van der Waals surface area contributed by atoms with Crippen molar-refractivity contribution in [2.24, 2.45) is 0 Å². The van der Waals surface area contributed by atoms with E-state index in [0.717, 1.165) is 35.4 Å². The van der Waals surface area contributed by atoms with E-state index in [1.54, 1.807) is 17.0 Å². The Bertz CT molecular complexity index is 1090. The van der Waals surface area contributed by atoms with Crippen LogP contribution < -0.4 is 19.3 Å². The molecule has 4 rings (SSSR count). The first-order valence-corrected chi connectivity index (χ1v) is 11.6. The summed E-state index contributed by atoms with van der Waals surface area (Å²) in [5.74, 6) is 1.78. The minimum Gasteiger partial charge on any atom is -0.711 e. The fourth-order valence-corrected chi connectivity index (χ4v) is 4.42. The van der Waals surface area contributed by atoms with Crippen molar-refractivity contribution < 1.29 is 14.3 Å². The van der Waals surface area contributed by atoms with Gasteiger partial charge >= 0.3 is 0 Å². The van der Waals surface area contributed by atoms with Gasteiger partial charge in [0.05, 0.1) is 25.5 Å². The van der Waals surface area contributed by atoms with E-state index >= 15 is 0 Å². The molecule has 1 aromatic heterocycles. The Balaban J connectivity index is 1.42. The van der Waals surface area contributed by atoms with Gasteiger partial charge < -0.3 is 14.8 Å². The van der Waals surface area contributed by atoms with Crippen LogP contribution in [0.15, 0.2) is 72.9 Å². The molecule has 0 aliphatic carbocycles. The molecule has 0 fully saturated rings. The summed E-state index contributed by atoms with van der Waals surface area (Å²) in [5.41, 5.74) is 3.38. The molecule has 0 spiro atoms. The Morgan fingerprint density at radius 2 is 1.91 bits per heavy atom. The van der Waals surface area contributed by atoms with Gasteiger partial charge in [0.2, 0.25) is 0 Å². The first kappa shape index (κ1) is 22.6. The topological polar surface area (TPSA) is 59.7 Å². The van der Waals surface area contributed by atoms with E-state index in [9.17, 15) is 10.0 Å². The number of carbonyl (C=O) groups is 1. The second kappa shape index (κ2) is 10.4. The molecule has 3 aromatic rings. The fourth-order valence-electron chi connectivity index (χ4n) is 4.42. The second-order valence-corrected chi connectivity index (χ2v) is 8.52. The number of hydrogen-bond donors (Lipinski definition) is 0. The number of benzene rings is 2. The number of ether oxygens (including phenoxy) is 1. The average molecular weight is 446 g/mol. The van der Waals surface area contributed by atoms with Crippen LogP contribution in [-0.4, -0.2) is 32.7 Å². The first-order chi connectivity index (χ1) is 16.1. The molecule has 172 valence electrons. The lowest BCUT2D eigenvalue weighted by Crippen LogP contribution is -2.41. The van der Waals surface area contributed by atoms with Crippen molar-refractivity contribution in [2.75, 3.05) is 36.5 Å². The molecule has 6 heteroatoms. The standard InChI is InChI=1S/C27H31N3O3/c1-3-22(23-10-5-4-6-11-23)18-21-13-14-24-25(19-21)33-20-27(31)29(24)16-9-15-28(2)26-12-7-8-17-30(26)32/h4-8,10-14,17,19,22H,3,9,15-16,18,20H2,1-2H3. The molecular weight excluding hydrogens is 414 g/mol. The maximum atomic E-state index is 12.6. The predicted octanol–water partition coefficient (Wildman–Crippen LogP) is 4.31. The monoisotopic (exact) mass is 445 g/mol. The van der Waals surface area contributed by atoms with Crippen molar-refractivity contribution in [3.8, 4) is 5.75 Å². The summed E-state index contributed by atoms with van der Waals surface area (Å²) in [6.07, 6.45) is 4.23. The fraction of sp³-hybridized carbons (Fsp3) is 0.333. The quantitative estimate of drug-likeness (QED) is 0.364. The third-order valence-electron chi connectivity index (χ3n) is 6.28. The van der Waals surface area contributed by atoms with Crippen LogP contribution in [0.25, 0.3) is 0 Å². The molecule has 2 heterocycles. The van der Waals surface area contributed by atoms with Crippen LogP contribution in [0.3, 0.4) is 0 Å². The highest BCUT2D eigenvalue weighted by molar-refractivity contribution is 5.97. The summed E-state index contributed by atoms with van der Waals surface area (Å²) in [6, 6.07) is 22.1. The highest BCUT2D eigenvalue weighted by atomic mass is 16.5. The molecule has 1 atom stereocenters. The average Bonchev–Trinajstić information content (AvgIpc) is 2.84. The lowest BCUT2D eigenvalue weighted by molar-refractivity contribution is -0.592. The third-order valence-corrected chi connectivity index (χ3v) is 6.28. The normalized spacial score (nSPS) is 13.9. The number of aromatic nitrogens is 1. The SMILES string of the molecule is CCC(Cc1ccc2c(c1)OCC(=O)N2CCCN(C)c1cccc[n+]1[O-])c1ccccc1. The van der Waals surface area contributed by atoms with Crippen molar-refractivity contribution in [1.82, 2.24) is 0 Å². The van der Waals surface area contributed by atoms with Crippen LogP contribution in [0.2, 0.25) is 0 Å². The maximum Gasteiger partial charge on any atom is 0.279 e. The van der Waals surface area contributed by atoms with Gasteiger partial charge in [-0.25, -0.2) is 4.73 Å². The smallest absolute Gasteiger partial charge is 0.279 e. The van der Waals surface area contributed by atoms with Gasteiger partial charge in [-0.1, -0.05) is 49.4 Å². The van der Waals surface area contributed by atoms with Crippen molar-refractivity contribution in [2.45, 2.75) is 32.1 Å². The third kappa shape index (κ3) is 5.28. The second-order valence-electron chi connectivity index (χ2n) is 8.52. The van der Waals surface area contributed by atoms with Gasteiger partial charge in [-0.2, -0.15) is 0 Å². The minimum atomic E-state index is -0.0350. The highest BCUT2D eigenvalue weighted by Gasteiger charge is 2.26. The van der Waals surface area contributed by atoms with E-state index < -0.39 is 0 Å². The molecule has 0 N–H and O–H groups in total. The van der Waals surface area contributed by atoms with Crippen molar-refractivity contribution in [3.05, 3.63) is 89.3 Å². The molecule has 2 aromatic carbocycles. The lowest BCUT2D eigenvalue weighted by atomic mass is 9.90. The van der Waals surface area contributed by atoms with Gasteiger partial charge in [-0.15, -0.1) is 0 Å². The van der Waals surface area contributed by atoms with Gasteiger partial charge in [-0.3, -0.25) is 9.69 Å². The van der Waals surface area contributed by atoms with Crippen LogP contribution >= 0.6 is 0 Å². The van der Waals surface area contributed by atoms with Gasteiger partial charge in [-0.05, 0) is 48.1 Å². The van der Waals surface area contributed by atoms with Crippen LogP contribution in [0.5, 0.6) is 5.75 Å². The van der Waals surface area contributed by atoms with Crippen molar-refractivity contribution in [3.63, 3.8) is 0 Å². The van der Waals surface area contributed by atoms with E-state index in [1.165, 1.54) is 17.3 Å². The van der Waals surface area contributed by atoms with E-state index in [4.69, 9.17) is 4.74 Å². The summed E-state index contributed by atoms with van der Waals surface area (Å²) in [6.45, 7) is 3.51. The molecule has 1 aliphatic rings. The van der Waals surface area contributed by atoms with Crippen LogP contribution in [0.4, 0.5) is 11.5 Å². The highest BCUT2D eigenvalue weighted by Crippen LogP contribution is 2.35. The molecule has 33 heavy (non-hydrogen) atoms. The van der Waals surface area contributed by atoms with E-state index in [2.05, 4.69) is 43.3 Å². The largest absolute Gasteiger partial charge is 0.711 e. The Morgan fingerprint density at radius 3 is 2.67 bits per heavy atom. The van der Waals surface area contributed by atoms with Crippen LogP contribution in [-0.2, 0) is 11.2 Å². The Hall–Kier alpha value is -3.54. The van der Waals surface area contributed by atoms with Gasteiger partial charge in [0.25, 0.3) is 11.7 Å². The number of amides is 1. The summed E-state index contributed by atoms with van der Waals surface area (Å²) in [7, 11) is 1.89. The summed E-state index contributed by atoms with van der Waals surface area (Å²) < 4.78 is 6.65. The number of anilines is 2. The number of rotatable bonds is 9. The van der Waals surface area contributed by atoms with E-state index in [0.29, 0.717) is 24.8 Å². The molecule has 1 aliphatic heterocycles. The van der Waals surface area contributed by atoms with Crippen LogP contribution in [0.1, 0.15) is 36.8 Å². The number of nitrogens with zero attached hydrogens (tertiary/aromatic N) is 3. The number of carbonyl (C=O) groups excluding carboxylic acids is 1. The van der Waals surface area contributed by atoms with Crippen molar-refractivity contribution >= 4 is 17.4 Å². The molecule has 0 saturated heterocycles.